The molecule has 2 rings (SSSR count). The van der Waals surface area contributed by atoms with Gasteiger partial charge in [0.2, 0.25) is 5.91 Å². The fourth-order valence-corrected chi connectivity index (χ4v) is 2.28. The SMILES string of the molecule is Cc1ccc(-c2n[nH]c(=S)n2CCC(=O)N[C@@H](C)CO)cc1. The highest BCUT2D eigenvalue weighted by atomic mass is 32.1. The van der Waals surface area contributed by atoms with Gasteiger partial charge in [-0.3, -0.25) is 14.5 Å². The van der Waals surface area contributed by atoms with Crippen LogP contribution in [0.2, 0.25) is 0 Å². The fraction of sp³-hybridized carbons (Fsp3) is 0.400. The number of benzene rings is 1. The number of carbonyl (C=O) groups excluding carboxylic acids is 1. The van der Waals surface area contributed by atoms with E-state index in [0.29, 0.717) is 17.1 Å². The summed E-state index contributed by atoms with van der Waals surface area (Å²) in [5.74, 6) is 0.590. The number of aromatic nitrogens is 3. The van der Waals surface area contributed by atoms with E-state index >= 15 is 0 Å². The van der Waals surface area contributed by atoms with Crippen molar-refractivity contribution in [2.24, 2.45) is 0 Å². The summed E-state index contributed by atoms with van der Waals surface area (Å²) >= 11 is 5.23. The van der Waals surface area contributed by atoms with Crippen molar-refractivity contribution in [3.05, 3.63) is 34.6 Å². The van der Waals surface area contributed by atoms with Crippen LogP contribution in [0.3, 0.4) is 0 Å². The van der Waals surface area contributed by atoms with Crippen LogP contribution < -0.4 is 5.32 Å². The van der Waals surface area contributed by atoms with E-state index in [-0.39, 0.29) is 25.0 Å². The van der Waals surface area contributed by atoms with Gasteiger partial charge in [0.05, 0.1) is 6.61 Å². The summed E-state index contributed by atoms with van der Waals surface area (Å²) in [6, 6.07) is 7.72. The minimum absolute atomic E-state index is 0.0779. The molecule has 0 spiro atoms. The smallest absolute Gasteiger partial charge is 0.222 e. The number of amides is 1. The van der Waals surface area contributed by atoms with Crippen molar-refractivity contribution in [1.29, 1.82) is 0 Å². The zero-order chi connectivity index (χ0) is 16.1. The van der Waals surface area contributed by atoms with E-state index in [4.69, 9.17) is 17.3 Å². The van der Waals surface area contributed by atoms with Gasteiger partial charge in [0, 0.05) is 24.6 Å². The van der Waals surface area contributed by atoms with E-state index in [1.165, 1.54) is 5.56 Å². The molecule has 6 nitrogen and oxygen atoms in total. The minimum atomic E-state index is -0.249. The van der Waals surface area contributed by atoms with E-state index in [2.05, 4.69) is 15.5 Å². The number of hydrogen-bond acceptors (Lipinski definition) is 4. The molecule has 1 aromatic carbocycles. The Balaban J connectivity index is 2.12. The van der Waals surface area contributed by atoms with Crippen LogP contribution in [0, 0.1) is 11.7 Å². The first-order chi connectivity index (χ1) is 10.5. The van der Waals surface area contributed by atoms with Gasteiger partial charge < -0.3 is 10.4 Å². The molecule has 1 atom stereocenters. The molecular formula is C15H20N4O2S. The van der Waals surface area contributed by atoms with Crippen LogP contribution in [-0.4, -0.2) is 38.4 Å². The van der Waals surface area contributed by atoms with Gasteiger partial charge in [0.1, 0.15) is 0 Å². The summed E-state index contributed by atoms with van der Waals surface area (Å²) in [6.07, 6.45) is 0.275. The zero-order valence-corrected chi connectivity index (χ0v) is 13.5. The lowest BCUT2D eigenvalue weighted by atomic mass is 10.1. The first-order valence-electron chi connectivity index (χ1n) is 7.13. The number of carbonyl (C=O) groups is 1. The van der Waals surface area contributed by atoms with Gasteiger partial charge in [-0.15, -0.1) is 0 Å². The van der Waals surface area contributed by atoms with Crippen LogP contribution >= 0.6 is 12.2 Å². The van der Waals surface area contributed by atoms with E-state index in [0.717, 1.165) is 5.56 Å². The Hall–Kier alpha value is -1.99. The normalized spacial score (nSPS) is 12.1. The van der Waals surface area contributed by atoms with Gasteiger partial charge in [-0.25, -0.2) is 0 Å². The molecule has 0 unspecified atom stereocenters. The number of hydrogen-bond donors (Lipinski definition) is 3. The maximum atomic E-state index is 11.8. The third-order valence-corrected chi connectivity index (χ3v) is 3.62. The van der Waals surface area contributed by atoms with Crippen LogP contribution in [0.4, 0.5) is 0 Å². The predicted molar refractivity (Wildman–Crippen MR) is 86.9 cm³/mol. The average Bonchev–Trinajstić information content (AvgIpc) is 2.87. The van der Waals surface area contributed by atoms with E-state index < -0.39 is 0 Å². The topological polar surface area (TPSA) is 82.9 Å². The molecule has 3 N–H and O–H groups in total. The van der Waals surface area contributed by atoms with Crippen LogP contribution in [0.25, 0.3) is 11.4 Å². The molecule has 0 aliphatic carbocycles. The second kappa shape index (κ2) is 7.33. The Morgan fingerprint density at radius 1 is 1.45 bits per heavy atom. The number of aromatic amines is 1. The lowest BCUT2D eigenvalue weighted by Crippen LogP contribution is -2.35. The Morgan fingerprint density at radius 2 is 2.14 bits per heavy atom. The fourth-order valence-electron chi connectivity index (χ4n) is 2.05. The van der Waals surface area contributed by atoms with Crippen molar-refractivity contribution in [2.75, 3.05) is 6.61 Å². The molecule has 118 valence electrons. The monoisotopic (exact) mass is 320 g/mol. The van der Waals surface area contributed by atoms with E-state index in [9.17, 15) is 4.79 Å². The summed E-state index contributed by atoms with van der Waals surface area (Å²) in [5.41, 5.74) is 2.11. The third kappa shape index (κ3) is 4.02. The minimum Gasteiger partial charge on any atom is -0.394 e. The highest BCUT2D eigenvalue weighted by molar-refractivity contribution is 7.71. The Labute approximate surface area is 134 Å². The maximum Gasteiger partial charge on any atom is 0.222 e. The molecule has 0 saturated carbocycles. The van der Waals surface area contributed by atoms with E-state index in [1.54, 1.807) is 6.92 Å². The van der Waals surface area contributed by atoms with Crippen LogP contribution in [-0.2, 0) is 11.3 Å². The molecule has 0 fully saturated rings. The average molecular weight is 320 g/mol. The standard InChI is InChI=1S/C15H20N4O2S/c1-10-3-5-12(6-4-10)14-17-18-15(22)19(14)8-7-13(21)16-11(2)9-20/h3-6,11,20H,7-9H2,1-2H3,(H,16,21)(H,18,22)/t11-/m0/s1. The van der Waals surface area contributed by atoms with Crippen molar-refractivity contribution in [1.82, 2.24) is 20.1 Å². The third-order valence-electron chi connectivity index (χ3n) is 3.31. The number of nitrogens with one attached hydrogen (secondary N) is 2. The molecule has 0 bridgehead atoms. The molecule has 0 saturated heterocycles. The molecule has 1 heterocycles. The van der Waals surface area contributed by atoms with Crippen molar-refractivity contribution in [2.45, 2.75) is 32.9 Å². The van der Waals surface area contributed by atoms with Gasteiger partial charge in [-0.05, 0) is 26.1 Å². The quantitative estimate of drug-likeness (QED) is 0.709. The number of aryl methyl sites for hydroxylation is 1. The summed E-state index contributed by atoms with van der Waals surface area (Å²) in [4.78, 5) is 11.8. The van der Waals surface area contributed by atoms with Crippen LogP contribution in [0.5, 0.6) is 0 Å². The van der Waals surface area contributed by atoms with Crippen molar-refractivity contribution in [3.8, 4) is 11.4 Å². The molecule has 1 aromatic heterocycles. The largest absolute Gasteiger partial charge is 0.394 e. The van der Waals surface area contributed by atoms with Crippen molar-refractivity contribution >= 4 is 18.1 Å². The van der Waals surface area contributed by atoms with Crippen LogP contribution in [0.1, 0.15) is 18.9 Å². The molecule has 0 aliphatic heterocycles. The summed E-state index contributed by atoms with van der Waals surface area (Å²) < 4.78 is 2.29. The Kier molecular flexibility index (Phi) is 5.46. The lowest BCUT2D eigenvalue weighted by Gasteiger charge is -2.11. The predicted octanol–water partition coefficient (Wildman–Crippen LogP) is 1.80. The first-order valence-corrected chi connectivity index (χ1v) is 7.54. The molecular weight excluding hydrogens is 300 g/mol. The number of aliphatic hydroxyl groups is 1. The van der Waals surface area contributed by atoms with Gasteiger partial charge in [0.25, 0.3) is 0 Å². The maximum absolute atomic E-state index is 11.8. The molecule has 2 aromatic rings. The zero-order valence-electron chi connectivity index (χ0n) is 12.7. The second-order valence-electron chi connectivity index (χ2n) is 5.27. The Bertz CT molecular complexity index is 690. The molecule has 0 aliphatic rings. The molecule has 0 radical (unpaired) electrons. The van der Waals surface area contributed by atoms with Gasteiger partial charge in [-0.1, -0.05) is 29.8 Å². The van der Waals surface area contributed by atoms with Crippen molar-refractivity contribution in [3.63, 3.8) is 0 Å². The molecule has 1 amide bonds. The molecule has 7 heteroatoms. The lowest BCUT2D eigenvalue weighted by molar-refractivity contribution is -0.122. The van der Waals surface area contributed by atoms with Crippen LogP contribution in [0.15, 0.2) is 24.3 Å². The summed E-state index contributed by atoms with van der Waals surface area (Å²) in [6.45, 7) is 4.13. The first kappa shape index (κ1) is 16.4. The van der Waals surface area contributed by atoms with Gasteiger partial charge in [0.15, 0.2) is 10.6 Å². The number of nitrogens with zero attached hydrogens (tertiary/aromatic N) is 2. The summed E-state index contributed by atoms with van der Waals surface area (Å²) in [5, 5.41) is 18.7. The molecule has 22 heavy (non-hydrogen) atoms. The highest BCUT2D eigenvalue weighted by Crippen LogP contribution is 2.18. The number of aliphatic hydroxyl groups excluding tert-OH is 1. The Morgan fingerprint density at radius 3 is 2.77 bits per heavy atom. The highest BCUT2D eigenvalue weighted by Gasteiger charge is 2.11. The second-order valence-corrected chi connectivity index (χ2v) is 5.66. The summed E-state index contributed by atoms with van der Waals surface area (Å²) in [7, 11) is 0. The number of H-pyrrole nitrogens is 1. The van der Waals surface area contributed by atoms with Gasteiger partial charge >= 0.3 is 0 Å². The van der Waals surface area contributed by atoms with E-state index in [1.807, 2.05) is 35.8 Å². The number of rotatable bonds is 6. The van der Waals surface area contributed by atoms with Gasteiger partial charge in [-0.2, -0.15) is 5.10 Å². The van der Waals surface area contributed by atoms with Crippen molar-refractivity contribution < 1.29 is 9.90 Å².